The summed E-state index contributed by atoms with van der Waals surface area (Å²) in [6, 6.07) is 13.4. The molecule has 0 bridgehead atoms. The minimum Gasteiger partial charge on any atom is -0.497 e. The molecule has 2 aromatic carbocycles. The number of ether oxygens (including phenoxy) is 2. The first-order chi connectivity index (χ1) is 9.67. The molecule has 0 saturated heterocycles. The molecule has 2 aromatic rings. The normalized spacial score (nSPS) is 20.9. The Balaban J connectivity index is 1.95. The van der Waals surface area contributed by atoms with Crippen molar-refractivity contribution in [1.82, 2.24) is 0 Å². The number of halogens is 1. The molecule has 2 atom stereocenters. The topological polar surface area (TPSA) is 44.5 Å². The van der Waals surface area contributed by atoms with Crippen LogP contribution in [0.1, 0.15) is 29.7 Å². The van der Waals surface area contributed by atoms with Crippen LogP contribution in [0, 0.1) is 0 Å². The van der Waals surface area contributed by atoms with Crippen molar-refractivity contribution in [3.05, 3.63) is 58.6 Å². The molecule has 0 aromatic heterocycles. The van der Waals surface area contributed by atoms with Crippen LogP contribution in [0.25, 0.3) is 0 Å². The molecule has 0 aliphatic carbocycles. The Hall–Kier alpha value is -1.71. The predicted molar refractivity (Wildman–Crippen MR) is 79.4 cm³/mol. The molecule has 1 unspecified atom stereocenters. The van der Waals surface area contributed by atoms with Crippen molar-refractivity contribution in [2.24, 2.45) is 5.73 Å². The van der Waals surface area contributed by atoms with E-state index in [0.29, 0.717) is 5.02 Å². The standard InChI is InChI=1S/C16H16ClNO2/c1-19-12-5-6-13-14(18)9-15(20-16(13)8-12)10-3-2-4-11(17)7-10/h2-8,14-15H,9,18H2,1H3/t14-,15?/m1/s1. The van der Waals surface area contributed by atoms with Crippen LogP contribution in [0.3, 0.4) is 0 Å². The van der Waals surface area contributed by atoms with E-state index >= 15 is 0 Å². The Morgan fingerprint density at radius 2 is 2.10 bits per heavy atom. The fraction of sp³-hybridized carbons (Fsp3) is 0.250. The first-order valence-electron chi connectivity index (χ1n) is 6.53. The van der Waals surface area contributed by atoms with E-state index in [0.717, 1.165) is 29.0 Å². The molecule has 4 heteroatoms. The van der Waals surface area contributed by atoms with Crippen LogP contribution in [-0.4, -0.2) is 7.11 Å². The van der Waals surface area contributed by atoms with Crippen molar-refractivity contribution in [2.45, 2.75) is 18.6 Å². The molecule has 1 aliphatic heterocycles. The third kappa shape index (κ3) is 2.47. The molecule has 0 fully saturated rings. The molecule has 3 rings (SSSR count). The minimum absolute atomic E-state index is 0.0476. The van der Waals surface area contributed by atoms with Gasteiger partial charge in [-0.2, -0.15) is 0 Å². The number of hydrogen-bond donors (Lipinski definition) is 1. The molecule has 1 aliphatic rings. The highest BCUT2D eigenvalue weighted by atomic mass is 35.5. The van der Waals surface area contributed by atoms with E-state index in [-0.39, 0.29) is 12.1 Å². The number of fused-ring (bicyclic) bond motifs is 1. The van der Waals surface area contributed by atoms with Crippen molar-refractivity contribution in [2.75, 3.05) is 7.11 Å². The highest BCUT2D eigenvalue weighted by Crippen LogP contribution is 2.41. The van der Waals surface area contributed by atoms with Crippen LogP contribution < -0.4 is 15.2 Å². The second-order valence-electron chi connectivity index (χ2n) is 4.91. The second-order valence-corrected chi connectivity index (χ2v) is 5.34. The fourth-order valence-corrected chi connectivity index (χ4v) is 2.72. The van der Waals surface area contributed by atoms with Crippen molar-refractivity contribution in [3.8, 4) is 11.5 Å². The summed E-state index contributed by atoms with van der Waals surface area (Å²) in [6.45, 7) is 0. The Morgan fingerprint density at radius 1 is 1.25 bits per heavy atom. The summed E-state index contributed by atoms with van der Waals surface area (Å²) in [5, 5.41) is 0.705. The fourth-order valence-electron chi connectivity index (χ4n) is 2.52. The molecule has 0 radical (unpaired) electrons. The Bertz CT molecular complexity index is 630. The molecule has 0 amide bonds. The Morgan fingerprint density at radius 3 is 2.85 bits per heavy atom. The smallest absolute Gasteiger partial charge is 0.128 e. The zero-order valence-corrected chi connectivity index (χ0v) is 11.9. The SMILES string of the molecule is COc1ccc2c(c1)OC(c1cccc(Cl)c1)C[C@H]2N. The summed E-state index contributed by atoms with van der Waals surface area (Å²) in [5.74, 6) is 1.55. The molecule has 20 heavy (non-hydrogen) atoms. The van der Waals surface area contributed by atoms with Crippen molar-refractivity contribution < 1.29 is 9.47 Å². The van der Waals surface area contributed by atoms with Gasteiger partial charge in [-0.05, 0) is 23.8 Å². The number of rotatable bonds is 2. The average Bonchev–Trinajstić information content (AvgIpc) is 2.46. The zero-order valence-electron chi connectivity index (χ0n) is 11.2. The molecule has 104 valence electrons. The molecular weight excluding hydrogens is 274 g/mol. The molecule has 0 spiro atoms. The van der Waals surface area contributed by atoms with Crippen LogP contribution in [0.15, 0.2) is 42.5 Å². The lowest BCUT2D eigenvalue weighted by Gasteiger charge is -2.30. The van der Waals surface area contributed by atoms with E-state index in [9.17, 15) is 0 Å². The average molecular weight is 290 g/mol. The van der Waals surface area contributed by atoms with E-state index in [1.165, 1.54) is 0 Å². The van der Waals surface area contributed by atoms with Crippen LogP contribution in [-0.2, 0) is 0 Å². The first-order valence-corrected chi connectivity index (χ1v) is 6.91. The molecule has 0 saturated carbocycles. The number of methoxy groups -OCH3 is 1. The summed E-state index contributed by atoms with van der Waals surface area (Å²) in [7, 11) is 1.64. The van der Waals surface area contributed by atoms with Crippen molar-refractivity contribution in [1.29, 1.82) is 0 Å². The molecule has 2 N–H and O–H groups in total. The van der Waals surface area contributed by atoms with Gasteiger partial charge in [-0.3, -0.25) is 0 Å². The van der Waals surface area contributed by atoms with Gasteiger partial charge in [0.1, 0.15) is 17.6 Å². The molecule has 1 heterocycles. The van der Waals surface area contributed by atoms with Gasteiger partial charge in [0.2, 0.25) is 0 Å². The van der Waals surface area contributed by atoms with E-state index in [2.05, 4.69) is 0 Å². The van der Waals surface area contributed by atoms with Gasteiger partial charge in [0.05, 0.1) is 7.11 Å². The first kappa shape index (κ1) is 13.3. The van der Waals surface area contributed by atoms with E-state index in [1.54, 1.807) is 7.11 Å². The summed E-state index contributed by atoms with van der Waals surface area (Å²) in [6.07, 6.45) is 0.656. The quantitative estimate of drug-likeness (QED) is 0.913. The number of benzene rings is 2. The van der Waals surface area contributed by atoms with Gasteiger partial charge in [0, 0.05) is 29.1 Å². The Labute approximate surface area is 123 Å². The van der Waals surface area contributed by atoms with Crippen molar-refractivity contribution in [3.63, 3.8) is 0 Å². The van der Waals surface area contributed by atoms with Gasteiger partial charge < -0.3 is 15.2 Å². The third-order valence-corrected chi connectivity index (χ3v) is 3.81. The molecule has 3 nitrogen and oxygen atoms in total. The van der Waals surface area contributed by atoms with E-state index in [4.69, 9.17) is 26.8 Å². The van der Waals surface area contributed by atoms with Crippen LogP contribution in [0.2, 0.25) is 5.02 Å². The lowest BCUT2D eigenvalue weighted by Crippen LogP contribution is -2.24. The number of hydrogen-bond acceptors (Lipinski definition) is 3. The van der Waals surface area contributed by atoms with Gasteiger partial charge >= 0.3 is 0 Å². The predicted octanol–water partition coefficient (Wildman–Crippen LogP) is 3.87. The lowest BCUT2D eigenvalue weighted by molar-refractivity contribution is 0.161. The van der Waals surface area contributed by atoms with Gasteiger partial charge in [-0.15, -0.1) is 0 Å². The third-order valence-electron chi connectivity index (χ3n) is 3.58. The van der Waals surface area contributed by atoms with Crippen LogP contribution in [0.5, 0.6) is 11.5 Å². The van der Waals surface area contributed by atoms with E-state index < -0.39 is 0 Å². The van der Waals surface area contributed by atoms with Crippen LogP contribution >= 0.6 is 11.6 Å². The Kier molecular flexibility index (Phi) is 3.55. The highest BCUT2D eigenvalue weighted by Gasteiger charge is 2.27. The minimum atomic E-state index is -0.0803. The summed E-state index contributed by atoms with van der Waals surface area (Å²) in [5.41, 5.74) is 8.31. The maximum Gasteiger partial charge on any atom is 0.128 e. The van der Waals surface area contributed by atoms with Gasteiger partial charge in [0.15, 0.2) is 0 Å². The maximum absolute atomic E-state index is 6.25. The second kappa shape index (κ2) is 5.35. The monoisotopic (exact) mass is 289 g/mol. The summed E-state index contributed by atoms with van der Waals surface area (Å²) in [4.78, 5) is 0. The van der Waals surface area contributed by atoms with Gasteiger partial charge in [-0.1, -0.05) is 29.8 Å². The van der Waals surface area contributed by atoms with E-state index in [1.807, 2.05) is 42.5 Å². The zero-order chi connectivity index (χ0) is 14.1. The molecular formula is C16H16ClNO2. The lowest BCUT2D eigenvalue weighted by atomic mass is 9.93. The highest BCUT2D eigenvalue weighted by molar-refractivity contribution is 6.30. The summed E-state index contributed by atoms with van der Waals surface area (Å²) < 4.78 is 11.3. The van der Waals surface area contributed by atoms with Gasteiger partial charge in [-0.25, -0.2) is 0 Å². The van der Waals surface area contributed by atoms with Crippen molar-refractivity contribution >= 4 is 11.6 Å². The maximum atomic E-state index is 6.25. The van der Waals surface area contributed by atoms with Gasteiger partial charge in [0.25, 0.3) is 0 Å². The van der Waals surface area contributed by atoms with Crippen LogP contribution in [0.4, 0.5) is 0 Å². The largest absolute Gasteiger partial charge is 0.497 e. The number of nitrogens with two attached hydrogens (primary N) is 1. The summed E-state index contributed by atoms with van der Waals surface area (Å²) >= 11 is 6.04.